The third kappa shape index (κ3) is 1.73. The molecule has 0 unspecified atom stereocenters. The molecule has 0 saturated carbocycles. The Labute approximate surface area is 109 Å². The number of methoxy groups -OCH3 is 2. The smallest absolute Gasteiger partial charge is 0.354 e. The molecule has 2 aromatic carbocycles. The standard InChI is InChI=1S/C15H13NO3/c1-18-13-7-9-5-3-4-6-10(9)14-11(13)8-12(16-14)15(17)19-2/h3-8,16H,1-2H3. The van der Waals surface area contributed by atoms with E-state index in [1.165, 1.54) is 7.11 Å². The van der Waals surface area contributed by atoms with Crippen LogP contribution in [0.5, 0.6) is 5.75 Å². The summed E-state index contributed by atoms with van der Waals surface area (Å²) in [5.74, 6) is 0.349. The van der Waals surface area contributed by atoms with Crippen molar-refractivity contribution in [1.29, 1.82) is 0 Å². The Morgan fingerprint density at radius 3 is 2.63 bits per heavy atom. The Balaban J connectivity index is 2.40. The van der Waals surface area contributed by atoms with Gasteiger partial charge in [-0.3, -0.25) is 0 Å². The molecule has 0 fully saturated rings. The molecule has 4 heteroatoms. The Bertz CT molecular complexity index is 774. The van der Waals surface area contributed by atoms with Crippen LogP contribution in [0.4, 0.5) is 0 Å². The van der Waals surface area contributed by atoms with Gasteiger partial charge in [0.15, 0.2) is 0 Å². The predicted molar refractivity (Wildman–Crippen MR) is 73.7 cm³/mol. The van der Waals surface area contributed by atoms with Gasteiger partial charge in [-0.15, -0.1) is 0 Å². The molecule has 0 spiro atoms. The lowest BCUT2D eigenvalue weighted by Gasteiger charge is -2.05. The van der Waals surface area contributed by atoms with Gasteiger partial charge in [-0.25, -0.2) is 4.79 Å². The fourth-order valence-electron chi connectivity index (χ4n) is 2.32. The summed E-state index contributed by atoms with van der Waals surface area (Å²) in [6.07, 6.45) is 0. The Kier molecular flexibility index (Phi) is 2.63. The molecule has 0 aliphatic carbocycles. The SMILES string of the molecule is COC(=O)c1cc2c(OC)cc3ccccc3c2[nH]1. The quantitative estimate of drug-likeness (QED) is 0.716. The van der Waals surface area contributed by atoms with Gasteiger partial charge < -0.3 is 14.5 Å². The minimum Gasteiger partial charge on any atom is -0.496 e. The molecule has 0 atom stereocenters. The summed E-state index contributed by atoms with van der Waals surface area (Å²) >= 11 is 0. The lowest BCUT2D eigenvalue weighted by molar-refractivity contribution is 0.0595. The highest BCUT2D eigenvalue weighted by Gasteiger charge is 2.14. The molecular weight excluding hydrogens is 242 g/mol. The second-order valence-corrected chi connectivity index (χ2v) is 4.26. The number of ether oxygens (including phenoxy) is 2. The van der Waals surface area contributed by atoms with Gasteiger partial charge in [0, 0.05) is 10.8 Å². The number of fused-ring (bicyclic) bond motifs is 3. The van der Waals surface area contributed by atoms with Gasteiger partial charge in [0.2, 0.25) is 0 Å². The van der Waals surface area contributed by atoms with E-state index in [1.54, 1.807) is 13.2 Å². The number of hydrogen-bond acceptors (Lipinski definition) is 3. The van der Waals surface area contributed by atoms with E-state index >= 15 is 0 Å². The molecule has 1 aromatic heterocycles. The second kappa shape index (κ2) is 4.31. The summed E-state index contributed by atoms with van der Waals surface area (Å²) < 4.78 is 10.1. The minimum atomic E-state index is -0.387. The van der Waals surface area contributed by atoms with E-state index in [-0.39, 0.29) is 5.97 Å². The van der Waals surface area contributed by atoms with Crippen LogP contribution in [0.25, 0.3) is 21.7 Å². The maximum absolute atomic E-state index is 11.6. The maximum atomic E-state index is 11.6. The maximum Gasteiger partial charge on any atom is 0.354 e. The fraction of sp³-hybridized carbons (Fsp3) is 0.133. The fourth-order valence-corrected chi connectivity index (χ4v) is 2.32. The number of H-pyrrole nitrogens is 1. The topological polar surface area (TPSA) is 51.3 Å². The molecule has 96 valence electrons. The molecule has 0 aliphatic heterocycles. The van der Waals surface area contributed by atoms with Crippen LogP contribution in [0.15, 0.2) is 36.4 Å². The summed E-state index contributed by atoms with van der Waals surface area (Å²) in [4.78, 5) is 14.7. The molecule has 0 amide bonds. The van der Waals surface area contributed by atoms with Crippen molar-refractivity contribution in [2.24, 2.45) is 0 Å². The van der Waals surface area contributed by atoms with E-state index < -0.39 is 0 Å². The summed E-state index contributed by atoms with van der Waals surface area (Å²) in [7, 11) is 2.98. The highest BCUT2D eigenvalue weighted by Crippen LogP contribution is 2.33. The van der Waals surface area contributed by atoms with E-state index in [0.29, 0.717) is 5.69 Å². The van der Waals surface area contributed by atoms with E-state index in [2.05, 4.69) is 4.98 Å². The van der Waals surface area contributed by atoms with Gasteiger partial charge in [-0.2, -0.15) is 0 Å². The molecule has 0 aliphatic rings. The molecule has 3 aromatic rings. The van der Waals surface area contributed by atoms with Crippen molar-refractivity contribution in [3.05, 3.63) is 42.1 Å². The molecule has 3 rings (SSSR count). The summed E-state index contributed by atoms with van der Waals surface area (Å²) in [6.45, 7) is 0. The first-order valence-electron chi connectivity index (χ1n) is 5.91. The van der Waals surface area contributed by atoms with Crippen molar-refractivity contribution in [2.45, 2.75) is 0 Å². The normalized spacial score (nSPS) is 10.8. The van der Waals surface area contributed by atoms with Gasteiger partial charge in [-0.1, -0.05) is 24.3 Å². The van der Waals surface area contributed by atoms with Crippen LogP contribution >= 0.6 is 0 Å². The highest BCUT2D eigenvalue weighted by molar-refractivity contribution is 6.11. The zero-order valence-electron chi connectivity index (χ0n) is 10.7. The lowest BCUT2D eigenvalue weighted by Crippen LogP contribution is -2.00. The lowest BCUT2D eigenvalue weighted by atomic mass is 10.1. The molecule has 0 bridgehead atoms. The molecule has 0 radical (unpaired) electrons. The zero-order valence-corrected chi connectivity index (χ0v) is 10.7. The van der Waals surface area contributed by atoms with Crippen LogP contribution < -0.4 is 4.74 Å². The van der Waals surface area contributed by atoms with Crippen LogP contribution in [-0.2, 0) is 4.74 Å². The number of carbonyl (C=O) groups is 1. The zero-order chi connectivity index (χ0) is 13.4. The molecular formula is C15H13NO3. The molecule has 1 N–H and O–H groups in total. The van der Waals surface area contributed by atoms with Crippen molar-refractivity contribution in [3.8, 4) is 5.75 Å². The second-order valence-electron chi connectivity index (χ2n) is 4.26. The van der Waals surface area contributed by atoms with Gasteiger partial charge in [0.1, 0.15) is 11.4 Å². The first kappa shape index (κ1) is 11.6. The average molecular weight is 255 g/mol. The van der Waals surface area contributed by atoms with Gasteiger partial charge in [-0.05, 0) is 17.5 Å². The summed E-state index contributed by atoms with van der Waals surface area (Å²) in [5.41, 5.74) is 1.31. The van der Waals surface area contributed by atoms with E-state index in [4.69, 9.17) is 9.47 Å². The molecule has 0 saturated heterocycles. The Hall–Kier alpha value is -2.49. The van der Waals surface area contributed by atoms with E-state index in [9.17, 15) is 4.79 Å². The minimum absolute atomic E-state index is 0.387. The average Bonchev–Trinajstić information content (AvgIpc) is 2.90. The van der Waals surface area contributed by atoms with E-state index in [0.717, 1.165) is 27.4 Å². The van der Waals surface area contributed by atoms with Crippen molar-refractivity contribution in [1.82, 2.24) is 4.98 Å². The number of carbonyl (C=O) groups excluding carboxylic acids is 1. The van der Waals surface area contributed by atoms with Crippen molar-refractivity contribution >= 4 is 27.6 Å². The van der Waals surface area contributed by atoms with E-state index in [1.807, 2.05) is 30.3 Å². The third-order valence-electron chi connectivity index (χ3n) is 3.23. The number of aromatic nitrogens is 1. The van der Waals surface area contributed by atoms with Gasteiger partial charge in [0.05, 0.1) is 19.7 Å². The Morgan fingerprint density at radius 1 is 1.11 bits per heavy atom. The number of aromatic amines is 1. The van der Waals surface area contributed by atoms with Gasteiger partial charge >= 0.3 is 5.97 Å². The third-order valence-corrected chi connectivity index (χ3v) is 3.23. The number of nitrogens with one attached hydrogen (secondary N) is 1. The first-order valence-corrected chi connectivity index (χ1v) is 5.91. The van der Waals surface area contributed by atoms with Crippen molar-refractivity contribution in [2.75, 3.05) is 14.2 Å². The van der Waals surface area contributed by atoms with Crippen LogP contribution in [0.3, 0.4) is 0 Å². The first-order chi connectivity index (χ1) is 9.24. The van der Waals surface area contributed by atoms with Crippen LogP contribution in [-0.4, -0.2) is 25.2 Å². The van der Waals surface area contributed by atoms with Crippen LogP contribution in [0.1, 0.15) is 10.5 Å². The number of benzene rings is 2. The van der Waals surface area contributed by atoms with Crippen molar-refractivity contribution in [3.63, 3.8) is 0 Å². The van der Waals surface area contributed by atoms with Gasteiger partial charge in [0.25, 0.3) is 0 Å². The highest BCUT2D eigenvalue weighted by atomic mass is 16.5. The Morgan fingerprint density at radius 2 is 1.89 bits per heavy atom. The largest absolute Gasteiger partial charge is 0.496 e. The van der Waals surface area contributed by atoms with Crippen LogP contribution in [0, 0.1) is 0 Å². The monoisotopic (exact) mass is 255 g/mol. The molecule has 1 heterocycles. The van der Waals surface area contributed by atoms with Crippen LogP contribution in [0.2, 0.25) is 0 Å². The summed E-state index contributed by atoms with van der Waals surface area (Å²) in [6, 6.07) is 11.7. The number of esters is 1. The molecule has 4 nitrogen and oxygen atoms in total. The number of hydrogen-bond donors (Lipinski definition) is 1. The molecule has 19 heavy (non-hydrogen) atoms. The van der Waals surface area contributed by atoms with Crippen molar-refractivity contribution < 1.29 is 14.3 Å². The summed E-state index contributed by atoms with van der Waals surface area (Å²) in [5, 5.41) is 2.99. The predicted octanol–water partition coefficient (Wildman–Crippen LogP) is 3.12. The number of rotatable bonds is 2.